The summed E-state index contributed by atoms with van der Waals surface area (Å²) in [6.45, 7) is 3.42. The van der Waals surface area contributed by atoms with Crippen molar-refractivity contribution in [3.63, 3.8) is 0 Å². The number of esters is 1. The topological polar surface area (TPSA) is 167 Å². The third-order valence-electron chi connectivity index (χ3n) is 5.21. The van der Waals surface area contributed by atoms with Crippen LogP contribution in [-0.4, -0.2) is 47.8 Å². The molecule has 3 amide bonds. The molecule has 3 aromatic rings. The molecule has 0 aliphatic heterocycles. The summed E-state index contributed by atoms with van der Waals surface area (Å²) in [6.07, 6.45) is 0. The van der Waals surface area contributed by atoms with Gasteiger partial charge in [0.1, 0.15) is 29.0 Å². The molecule has 0 bridgehead atoms. The van der Waals surface area contributed by atoms with Crippen LogP contribution in [0.4, 0.5) is 15.8 Å². The fourth-order valence-electron chi connectivity index (χ4n) is 3.55. The Balaban J connectivity index is 2.17. The van der Waals surface area contributed by atoms with Gasteiger partial charge in [-0.05, 0) is 55.2 Å². The van der Waals surface area contributed by atoms with Gasteiger partial charge in [-0.15, -0.1) is 0 Å². The van der Waals surface area contributed by atoms with E-state index in [1.54, 1.807) is 26.0 Å². The number of halogens is 1. The van der Waals surface area contributed by atoms with Crippen molar-refractivity contribution in [2.45, 2.75) is 19.9 Å². The first-order chi connectivity index (χ1) is 18.2. The lowest BCUT2D eigenvalue weighted by atomic mass is 10.0. The van der Waals surface area contributed by atoms with Gasteiger partial charge in [-0.25, -0.2) is 4.39 Å². The van der Waals surface area contributed by atoms with Crippen LogP contribution in [0.25, 0.3) is 0 Å². The number of amides is 3. The molecular formula is C25H26FN5O6S. The van der Waals surface area contributed by atoms with E-state index in [1.807, 2.05) is 0 Å². The number of aromatic nitrogens is 1. The SMILES string of the molecule is CCOC(=O)CNC(=O)C(c1ccc(OCC)cc1)N(C(=O)c1snc(C(N)=O)c1N)c1ccccc1F. The van der Waals surface area contributed by atoms with Crippen molar-refractivity contribution < 1.29 is 33.0 Å². The predicted molar refractivity (Wildman–Crippen MR) is 138 cm³/mol. The molecule has 1 heterocycles. The van der Waals surface area contributed by atoms with Gasteiger partial charge in [0.2, 0.25) is 5.91 Å². The summed E-state index contributed by atoms with van der Waals surface area (Å²) in [4.78, 5) is 51.7. The molecule has 1 unspecified atom stereocenters. The number of nitrogen functional groups attached to an aromatic ring is 1. The molecule has 3 rings (SSSR count). The maximum atomic E-state index is 15.1. The average Bonchev–Trinajstić information content (AvgIpc) is 3.28. The van der Waals surface area contributed by atoms with E-state index in [2.05, 4.69) is 9.69 Å². The van der Waals surface area contributed by atoms with Crippen LogP contribution < -0.4 is 26.4 Å². The Morgan fingerprint density at radius 1 is 1.08 bits per heavy atom. The first kappa shape index (κ1) is 28.1. The Morgan fingerprint density at radius 2 is 1.76 bits per heavy atom. The van der Waals surface area contributed by atoms with Crippen molar-refractivity contribution in [1.82, 2.24) is 9.69 Å². The summed E-state index contributed by atoms with van der Waals surface area (Å²) in [7, 11) is 0. The Bertz CT molecular complexity index is 1330. The van der Waals surface area contributed by atoms with Crippen LogP contribution in [0.5, 0.6) is 5.75 Å². The smallest absolute Gasteiger partial charge is 0.325 e. The zero-order valence-corrected chi connectivity index (χ0v) is 21.4. The van der Waals surface area contributed by atoms with E-state index in [-0.39, 0.29) is 34.1 Å². The highest BCUT2D eigenvalue weighted by molar-refractivity contribution is 7.09. The van der Waals surface area contributed by atoms with Crippen LogP contribution >= 0.6 is 11.5 Å². The normalized spacial score (nSPS) is 11.3. The number of carbonyl (C=O) groups excluding carboxylic acids is 4. The quantitative estimate of drug-likeness (QED) is 0.310. The highest BCUT2D eigenvalue weighted by atomic mass is 32.1. The molecule has 0 aliphatic carbocycles. The van der Waals surface area contributed by atoms with Gasteiger partial charge in [-0.1, -0.05) is 24.3 Å². The fraction of sp³-hybridized carbons (Fsp3) is 0.240. The van der Waals surface area contributed by atoms with Gasteiger partial charge in [0.05, 0.1) is 24.6 Å². The highest BCUT2D eigenvalue weighted by Crippen LogP contribution is 2.35. The maximum Gasteiger partial charge on any atom is 0.325 e. The van der Waals surface area contributed by atoms with Crippen molar-refractivity contribution in [3.05, 3.63) is 70.5 Å². The fourth-order valence-corrected chi connectivity index (χ4v) is 4.29. The van der Waals surface area contributed by atoms with E-state index >= 15 is 4.39 Å². The summed E-state index contributed by atoms with van der Waals surface area (Å²) >= 11 is 0.584. The standard InChI is InChI=1S/C25H26FN5O6S/c1-3-36-15-11-9-14(10-12-15)21(24(34)29-13-18(32)37-4-2)31(17-8-6-5-7-16(17)26)25(35)22-19(27)20(23(28)33)30-38-22/h5-12,21H,3-4,13,27H2,1-2H3,(H2,28,33)(H,29,34). The summed E-state index contributed by atoms with van der Waals surface area (Å²) in [5.41, 5.74) is 10.7. The molecule has 38 heavy (non-hydrogen) atoms. The molecule has 0 fully saturated rings. The van der Waals surface area contributed by atoms with Gasteiger partial charge in [-0.3, -0.25) is 24.1 Å². The number of ether oxygens (including phenoxy) is 2. The number of benzene rings is 2. The zero-order valence-electron chi connectivity index (χ0n) is 20.6. The van der Waals surface area contributed by atoms with Crippen LogP contribution in [0.3, 0.4) is 0 Å². The Labute approximate surface area is 221 Å². The lowest BCUT2D eigenvalue weighted by molar-refractivity contribution is -0.143. The minimum Gasteiger partial charge on any atom is -0.494 e. The molecule has 0 spiro atoms. The van der Waals surface area contributed by atoms with E-state index in [0.29, 0.717) is 23.9 Å². The van der Waals surface area contributed by atoms with Gasteiger partial charge >= 0.3 is 5.97 Å². The number of primary amides is 1. The number of para-hydroxylation sites is 1. The minimum atomic E-state index is -1.48. The number of hydrogen-bond acceptors (Lipinski definition) is 9. The summed E-state index contributed by atoms with van der Waals surface area (Å²) in [5.74, 6) is -3.69. The second kappa shape index (κ2) is 12.6. The molecule has 0 aliphatic rings. The van der Waals surface area contributed by atoms with E-state index in [1.165, 1.54) is 30.3 Å². The van der Waals surface area contributed by atoms with E-state index < -0.39 is 42.1 Å². The van der Waals surface area contributed by atoms with Crippen LogP contribution in [0.15, 0.2) is 48.5 Å². The number of carbonyl (C=O) groups is 4. The van der Waals surface area contributed by atoms with Crippen molar-refractivity contribution in [3.8, 4) is 5.75 Å². The molecule has 1 atom stereocenters. The lowest BCUT2D eigenvalue weighted by Gasteiger charge is -2.31. The number of hydrogen-bond donors (Lipinski definition) is 3. The van der Waals surface area contributed by atoms with Crippen molar-refractivity contribution in [2.75, 3.05) is 30.4 Å². The maximum absolute atomic E-state index is 15.1. The summed E-state index contributed by atoms with van der Waals surface area (Å²) < 4.78 is 29.3. The van der Waals surface area contributed by atoms with Gasteiger partial charge in [0.25, 0.3) is 11.8 Å². The number of nitrogens with one attached hydrogen (secondary N) is 1. The molecular weight excluding hydrogens is 517 g/mol. The van der Waals surface area contributed by atoms with Gasteiger partial charge in [-0.2, -0.15) is 4.37 Å². The third-order valence-corrected chi connectivity index (χ3v) is 6.06. The molecule has 0 saturated carbocycles. The molecule has 1 aromatic heterocycles. The van der Waals surface area contributed by atoms with Crippen molar-refractivity contribution >= 4 is 46.6 Å². The number of anilines is 2. The molecule has 0 radical (unpaired) electrons. The Kier molecular flexibility index (Phi) is 9.33. The monoisotopic (exact) mass is 543 g/mol. The largest absolute Gasteiger partial charge is 0.494 e. The number of rotatable bonds is 11. The van der Waals surface area contributed by atoms with Crippen LogP contribution in [0.1, 0.15) is 45.6 Å². The molecule has 0 saturated heterocycles. The third kappa shape index (κ3) is 6.24. The van der Waals surface area contributed by atoms with Crippen LogP contribution in [0, 0.1) is 5.82 Å². The zero-order chi connectivity index (χ0) is 27.8. The van der Waals surface area contributed by atoms with E-state index in [9.17, 15) is 19.2 Å². The van der Waals surface area contributed by atoms with Gasteiger partial charge in [0.15, 0.2) is 5.69 Å². The first-order valence-corrected chi connectivity index (χ1v) is 12.3. The van der Waals surface area contributed by atoms with Gasteiger partial charge < -0.3 is 26.3 Å². The predicted octanol–water partition coefficient (Wildman–Crippen LogP) is 2.43. The summed E-state index contributed by atoms with van der Waals surface area (Å²) in [5, 5.41) is 2.44. The number of nitrogens with zero attached hydrogens (tertiary/aromatic N) is 2. The minimum absolute atomic E-state index is 0.101. The molecule has 13 heteroatoms. The van der Waals surface area contributed by atoms with Crippen LogP contribution in [-0.2, 0) is 14.3 Å². The van der Waals surface area contributed by atoms with Crippen molar-refractivity contribution in [2.24, 2.45) is 5.73 Å². The Morgan fingerprint density at radius 3 is 2.34 bits per heavy atom. The Hall–Kier alpha value is -4.52. The molecule has 2 aromatic carbocycles. The lowest BCUT2D eigenvalue weighted by Crippen LogP contribution is -2.45. The van der Waals surface area contributed by atoms with Crippen molar-refractivity contribution in [1.29, 1.82) is 0 Å². The average molecular weight is 544 g/mol. The molecule has 200 valence electrons. The second-order valence-electron chi connectivity index (χ2n) is 7.69. The van der Waals surface area contributed by atoms with E-state index in [0.717, 1.165) is 11.0 Å². The second-order valence-corrected chi connectivity index (χ2v) is 8.47. The molecule has 11 nitrogen and oxygen atoms in total. The number of nitrogens with two attached hydrogens (primary N) is 2. The van der Waals surface area contributed by atoms with E-state index in [4.69, 9.17) is 20.9 Å². The first-order valence-electron chi connectivity index (χ1n) is 11.5. The highest BCUT2D eigenvalue weighted by Gasteiger charge is 2.37. The molecule has 5 N–H and O–H groups in total. The van der Waals surface area contributed by atoms with Crippen LogP contribution in [0.2, 0.25) is 0 Å². The summed E-state index contributed by atoms with van der Waals surface area (Å²) in [6, 6.07) is 10.1. The van der Waals surface area contributed by atoms with Gasteiger partial charge in [0, 0.05) is 0 Å².